The van der Waals surface area contributed by atoms with Crippen molar-refractivity contribution in [3.8, 4) is 0 Å². The van der Waals surface area contributed by atoms with E-state index >= 15 is 0 Å². The summed E-state index contributed by atoms with van der Waals surface area (Å²) in [5, 5.41) is 3.96. The number of nitrogens with zero attached hydrogens (tertiary/aromatic N) is 4. The summed E-state index contributed by atoms with van der Waals surface area (Å²) >= 11 is 12.2. The third-order valence-electron chi connectivity index (χ3n) is 8.86. The summed E-state index contributed by atoms with van der Waals surface area (Å²) in [6.07, 6.45) is -2.38. The van der Waals surface area contributed by atoms with Crippen molar-refractivity contribution >= 4 is 69.6 Å². The molecule has 0 N–H and O–H groups in total. The zero-order valence-corrected chi connectivity index (χ0v) is 25.4. The van der Waals surface area contributed by atoms with Gasteiger partial charge in [0.15, 0.2) is 12.2 Å². The summed E-state index contributed by atoms with van der Waals surface area (Å²) < 4.78 is 0. The number of halogens is 2. The van der Waals surface area contributed by atoms with Crippen LogP contribution in [0.3, 0.4) is 0 Å². The largest absolute Gasteiger partial charge is 0.273 e. The molecule has 0 unspecified atom stereocenters. The van der Waals surface area contributed by atoms with Gasteiger partial charge in [-0.2, -0.15) is 0 Å². The number of rotatable bonds is 5. The van der Waals surface area contributed by atoms with Gasteiger partial charge in [0.05, 0.1) is 34.8 Å². The van der Waals surface area contributed by atoms with Crippen molar-refractivity contribution in [3.63, 3.8) is 0 Å². The van der Waals surface area contributed by atoms with Crippen molar-refractivity contribution in [1.82, 2.24) is 0 Å². The molecule has 0 bridgehead atoms. The Kier molecular flexibility index (Phi) is 6.84. The van der Waals surface area contributed by atoms with E-state index in [4.69, 9.17) is 32.9 Å². The van der Waals surface area contributed by atoms with Crippen LogP contribution in [0, 0.1) is 11.8 Å². The summed E-state index contributed by atoms with van der Waals surface area (Å²) in [5.74, 6) is -4.17. The Morgan fingerprint density at radius 1 is 0.435 bits per heavy atom. The lowest BCUT2D eigenvalue weighted by Crippen LogP contribution is -2.55. The number of fused-ring (bicyclic) bond motifs is 2. The minimum absolute atomic E-state index is 0.351. The van der Waals surface area contributed by atoms with Gasteiger partial charge in [-0.05, 0) is 72.8 Å². The van der Waals surface area contributed by atoms with Gasteiger partial charge >= 0.3 is 0 Å². The highest BCUT2D eigenvalue weighted by Gasteiger charge is 2.69. The van der Waals surface area contributed by atoms with Gasteiger partial charge in [-0.1, -0.05) is 59.6 Å². The average molecular weight is 655 g/mol. The van der Waals surface area contributed by atoms with Crippen LogP contribution >= 0.6 is 23.2 Å². The van der Waals surface area contributed by atoms with Crippen molar-refractivity contribution in [2.45, 2.75) is 24.3 Å². The van der Waals surface area contributed by atoms with E-state index in [2.05, 4.69) is 0 Å². The van der Waals surface area contributed by atoms with E-state index in [0.29, 0.717) is 32.8 Å². The number of hydrogen-bond acceptors (Lipinski definition) is 8. The molecule has 4 aromatic rings. The molecule has 230 valence electrons. The van der Waals surface area contributed by atoms with Gasteiger partial charge < -0.3 is 0 Å². The first-order chi connectivity index (χ1) is 22.3. The Bertz CT molecular complexity index is 1720. The predicted molar refractivity (Wildman–Crippen MR) is 170 cm³/mol. The molecule has 4 aromatic carbocycles. The van der Waals surface area contributed by atoms with Gasteiger partial charge in [-0.3, -0.25) is 28.9 Å². The Labute approximate surface area is 273 Å². The lowest BCUT2D eigenvalue weighted by Gasteiger charge is -2.37. The standard InChI is InChI=1S/C34H24Cl2N4O6/c35-19-11-15-21(16-12-19)37-31(41)25-27(39(45-29(25)33(37)43)23-7-3-1-4-8-23)28-26-30(46-40(28)24-9-5-2-6-10-24)34(44)38(32(26)42)22-17-13-20(36)14-18-22/h1-18,25-30H/t25-,26+,27-,28-,29-,30+/m0/s1. The molecule has 4 heterocycles. The molecule has 6 atom stereocenters. The number of para-hydroxylation sites is 2. The summed E-state index contributed by atoms with van der Waals surface area (Å²) in [6, 6.07) is 29.0. The Hall–Kier alpha value is -4.74. The first-order valence-electron chi connectivity index (χ1n) is 14.6. The minimum atomic E-state index is -1.19. The summed E-state index contributed by atoms with van der Waals surface area (Å²) in [7, 11) is 0. The molecule has 4 aliphatic heterocycles. The molecule has 10 nitrogen and oxygen atoms in total. The van der Waals surface area contributed by atoms with E-state index in [0.717, 1.165) is 9.80 Å². The van der Waals surface area contributed by atoms with Crippen LogP contribution in [0.1, 0.15) is 0 Å². The second-order valence-electron chi connectivity index (χ2n) is 11.4. The van der Waals surface area contributed by atoms with Crippen molar-refractivity contribution in [1.29, 1.82) is 0 Å². The zero-order chi connectivity index (χ0) is 31.7. The monoisotopic (exact) mass is 654 g/mol. The summed E-state index contributed by atoms with van der Waals surface area (Å²) in [5.41, 5.74) is 1.85. The topological polar surface area (TPSA) is 99.7 Å². The molecule has 4 saturated heterocycles. The second kappa shape index (κ2) is 11.0. The van der Waals surface area contributed by atoms with Crippen molar-refractivity contribution in [3.05, 3.63) is 119 Å². The highest BCUT2D eigenvalue weighted by Crippen LogP contribution is 2.49. The number of amides is 4. The van der Waals surface area contributed by atoms with E-state index < -0.39 is 59.8 Å². The third-order valence-corrected chi connectivity index (χ3v) is 9.37. The maximum Gasteiger partial charge on any atom is 0.266 e. The molecule has 46 heavy (non-hydrogen) atoms. The SMILES string of the molecule is O=C1[C@@H]2[C@@H]([C@@H]3[C@@H]4C(=O)N(c5ccc(Cl)cc5)C(=O)[C@H]4ON3c3ccccc3)N(c3ccccc3)O[C@H]2C(=O)N1c1ccc(Cl)cc1. The summed E-state index contributed by atoms with van der Waals surface area (Å²) in [6.45, 7) is 0. The van der Waals surface area contributed by atoms with Gasteiger partial charge in [-0.25, -0.2) is 19.9 Å². The summed E-state index contributed by atoms with van der Waals surface area (Å²) in [4.78, 5) is 71.5. The lowest BCUT2D eigenvalue weighted by molar-refractivity contribution is -0.128. The van der Waals surface area contributed by atoms with Gasteiger partial charge in [0.25, 0.3) is 11.8 Å². The highest BCUT2D eigenvalue weighted by atomic mass is 35.5. The van der Waals surface area contributed by atoms with E-state index in [1.54, 1.807) is 72.8 Å². The molecule has 0 aliphatic carbocycles. The molecule has 4 amide bonds. The number of benzene rings is 4. The number of hydroxylamine groups is 2. The van der Waals surface area contributed by atoms with Gasteiger partial charge in [-0.15, -0.1) is 0 Å². The third kappa shape index (κ3) is 4.33. The van der Waals surface area contributed by atoms with Crippen molar-refractivity contribution in [2.75, 3.05) is 19.9 Å². The van der Waals surface area contributed by atoms with Gasteiger partial charge in [0.1, 0.15) is 11.8 Å². The average Bonchev–Trinajstić information content (AvgIpc) is 3.78. The number of carbonyl (C=O) groups excluding carboxylic acids is 4. The van der Waals surface area contributed by atoms with Crippen LogP contribution < -0.4 is 19.9 Å². The van der Waals surface area contributed by atoms with Crippen LogP contribution in [-0.2, 0) is 28.9 Å². The Morgan fingerprint density at radius 3 is 1.13 bits per heavy atom. The molecule has 4 fully saturated rings. The first kappa shape index (κ1) is 28.7. The van der Waals surface area contributed by atoms with E-state index in [9.17, 15) is 19.2 Å². The normalized spacial score (nSPS) is 27.2. The van der Waals surface area contributed by atoms with Crippen LogP contribution in [0.2, 0.25) is 10.0 Å². The number of carbonyl (C=O) groups is 4. The fraction of sp³-hybridized carbons (Fsp3) is 0.176. The van der Waals surface area contributed by atoms with Gasteiger partial charge in [0, 0.05) is 10.0 Å². The molecular weight excluding hydrogens is 631 g/mol. The lowest BCUT2D eigenvalue weighted by atomic mass is 9.82. The molecule has 4 aliphatic rings. The van der Waals surface area contributed by atoms with Crippen molar-refractivity contribution < 1.29 is 28.9 Å². The fourth-order valence-corrected chi connectivity index (χ4v) is 7.14. The Morgan fingerprint density at radius 2 is 0.783 bits per heavy atom. The maximum absolute atomic E-state index is 14.4. The zero-order valence-electron chi connectivity index (χ0n) is 23.9. The number of hydrogen-bond donors (Lipinski definition) is 0. The quantitative estimate of drug-likeness (QED) is 0.276. The Balaban J connectivity index is 1.27. The molecule has 0 saturated carbocycles. The number of imide groups is 2. The van der Waals surface area contributed by atoms with Crippen LogP contribution in [0.15, 0.2) is 109 Å². The molecule has 0 spiro atoms. The first-order valence-corrected chi connectivity index (χ1v) is 15.4. The second-order valence-corrected chi connectivity index (χ2v) is 12.3. The van der Waals surface area contributed by atoms with E-state index in [1.807, 2.05) is 36.4 Å². The minimum Gasteiger partial charge on any atom is -0.273 e. The molecule has 8 rings (SSSR count). The smallest absolute Gasteiger partial charge is 0.266 e. The fourth-order valence-electron chi connectivity index (χ4n) is 6.89. The van der Waals surface area contributed by atoms with E-state index in [1.165, 1.54) is 10.1 Å². The van der Waals surface area contributed by atoms with Crippen LogP contribution in [-0.4, -0.2) is 47.9 Å². The van der Waals surface area contributed by atoms with Crippen molar-refractivity contribution in [2.24, 2.45) is 11.8 Å². The molecule has 12 heteroatoms. The van der Waals surface area contributed by atoms with Gasteiger partial charge in [0.2, 0.25) is 11.8 Å². The van der Waals surface area contributed by atoms with Crippen LogP contribution in [0.5, 0.6) is 0 Å². The maximum atomic E-state index is 14.4. The molecule has 0 aromatic heterocycles. The predicted octanol–water partition coefficient (Wildman–Crippen LogP) is 5.05. The highest BCUT2D eigenvalue weighted by molar-refractivity contribution is 6.31. The number of anilines is 4. The van der Waals surface area contributed by atoms with Crippen LogP contribution in [0.25, 0.3) is 0 Å². The van der Waals surface area contributed by atoms with E-state index in [-0.39, 0.29) is 0 Å². The molecule has 0 radical (unpaired) electrons. The van der Waals surface area contributed by atoms with Crippen LogP contribution in [0.4, 0.5) is 22.7 Å². The molecular formula is C34H24Cl2N4O6.